The van der Waals surface area contributed by atoms with Crippen molar-refractivity contribution >= 4 is 11.3 Å². The van der Waals surface area contributed by atoms with Crippen LogP contribution in [0.4, 0.5) is 0 Å². The molecule has 1 aromatic heterocycles. The predicted molar refractivity (Wildman–Crippen MR) is 61.0 cm³/mol. The average Bonchev–Trinajstić information content (AvgIpc) is 2.68. The van der Waals surface area contributed by atoms with Crippen LogP contribution in [0.2, 0.25) is 0 Å². The van der Waals surface area contributed by atoms with Crippen LogP contribution in [0.15, 0.2) is 6.20 Å². The molecule has 1 aliphatic rings. The first-order valence-corrected chi connectivity index (χ1v) is 6.06. The molecule has 84 valence electrons. The van der Waals surface area contributed by atoms with Crippen LogP contribution in [0.1, 0.15) is 9.88 Å². The summed E-state index contributed by atoms with van der Waals surface area (Å²) in [5, 5.41) is 4.55. The minimum atomic E-state index is 0.680. The lowest BCUT2D eigenvalue weighted by atomic mass is 10.3. The Morgan fingerprint density at radius 3 is 3.07 bits per heavy atom. The van der Waals surface area contributed by atoms with Crippen molar-refractivity contribution in [3.8, 4) is 0 Å². The van der Waals surface area contributed by atoms with Crippen LogP contribution in [0.5, 0.6) is 0 Å². The van der Waals surface area contributed by atoms with Gasteiger partial charge in [-0.3, -0.25) is 4.90 Å². The number of nitrogens with zero attached hydrogens (tertiary/aromatic N) is 2. The summed E-state index contributed by atoms with van der Waals surface area (Å²) < 4.78 is 5.08. The monoisotopic (exact) mass is 227 g/mol. The third-order valence-corrected chi connectivity index (χ3v) is 3.41. The summed E-state index contributed by atoms with van der Waals surface area (Å²) in [5.41, 5.74) is 0. The lowest BCUT2D eigenvalue weighted by Gasteiger charge is -2.26. The zero-order valence-electron chi connectivity index (χ0n) is 9.03. The van der Waals surface area contributed by atoms with Crippen molar-refractivity contribution in [1.82, 2.24) is 15.2 Å². The Balaban J connectivity index is 1.86. The van der Waals surface area contributed by atoms with E-state index in [1.165, 1.54) is 9.88 Å². The number of hydrogen-bond donors (Lipinski definition) is 1. The molecule has 0 unspecified atom stereocenters. The van der Waals surface area contributed by atoms with Crippen molar-refractivity contribution in [2.75, 3.05) is 33.3 Å². The Morgan fingerprint density at radius 2 is 2.33 bits per heavy atom. The third kappa shape index (κ3) is 3.24. The maximum absolute atomic E-state index is 5.08. The zero-order valence-corrected chi connectivity index (χ0v) is 9.85. The average molecular weight is 227 g/mol. The first kappa shape index (κ1) is 11.0. The molecule has 2 heterocycles. The summed E-state index contributed by atoms with van der Waals surface area (Å²) >= 11 is 1.75. The number of aromatic nitrogens is 1. The maximum Gasteiger partial charge on any atom is 0.107 e. The predicted octanol–water partition coefficient (Wildman–Crippen LogP) is 0.695. The maximum atomic E-state index is 5.08. The van der Waals surface area contributed by atoms with E-state index in [1.807, 2.05) is 6.20 Å². The summed E-state index contributed by atoms with van der Waals surface area (Å²) in [6.45, 7) is 6.10. The van der Waals surface area contributed by atoms with E-state index in [0.29, 0.717) is 6.61 Å². The van der Waals surface area contributed by atoms with Crippen LogP contribution < -0.4 is 5.32 Å². The van der Waals surface area contributed by atoms with Gasteiger partial charge in [-0.1, -0.05) is 0 Å². The largest absolute Gasteiger partial charge is 0.379 e. The first-order valence-electron chi connectivity index (χ1n) is 5.24. The quantitative estimate of drug-likeness (QED) is 0.821. The molecule has 0 atom stereocenters. The lowest BCUT2D eigenvalue weighted by molar-refractivity contribution is 0.187. The Hall–Kier alpha value is -0.490. The number of piperazine rings is 1. The Kier molecular flexibility index (Phi) is 4.08. The van der Waals surface area contributed by atoms with Gasteiger partial charge < -0.3 is 10.1 Å². The highest BCUT2D eigenvalue weighted by Gasteiger charge is 2.11. The highest BCUT2D eigenvalue weighted by molar-refractivity contribution is 7.11. The molecule has 4 nitrogen and oxygen atoms in total. The number of nitrogens with one attached hydrogen (secondary N) is 1. The van der Waals surface area contributed by atoms with Crippen LogP contribution in [0.3, 0.4) is 0 Å². The van der Waals surface area contributed by atoms with Crippen molar-refractivity contribution < 1.29 is 4.74 Å². The first-order chi connectivity index (χ1) is 7.38. The SMILES string of the molecule is COCc1cnc(CN2CCNCC2)s1. The molecule has 0 spiro atoms. The van der Waals surface area contributed by atoms with Gasteiger partial charge >= 0.3 is 0 Å². The van der Waals surface area contributed by atoms with E-state index in [9.17, 15) is 0 Å². The lowest BCUT2D eigenvalue weighted by Crippen LogP contribution is -2.42. The molecule has 0 saturated carbocycles. The van der Waals surface area contributed by atoms with E-state index in [0.717, 1.165) is 32.7 Å². The summed E-state index contributed by atoms with van der Waals surface area (Å²) in [5.74, 6) is 0. The zero-order chi connectivity index (χ0) is 10.5. The van der Waals surface area contributed by atoms with Crippen molar-refractivity contribution in [3.63, 3.8) is 0 Å². The summed E-state index contributed by atoms with van der Waals surface area (Å²) in [6, 6.07) is 0. The van der Waals surface area contributed by atoms with Gasteiger partial charge in [0.25, 0.3) is 0 Å². The smallest absolute Gasteiger partial charge is 0.107 e. The fraction of sp³-hybridized carbons (Fsp3) is 0.700. The van der Waals surface area contributed by atoms with Gasteiger partial charge in [-0.15, -0.1) is 11.3 Å². The van der Waals surface area contributed by atoms with Gasteiger partial charge in [-0.25, -0.2) is 4.98 Å². The van der Waals surface area contributed by atoms with Crippen LogP contribution in [-0.2, 0) is 17.9 Å². The molecule has 1 saturated heterocycles. The summed E-state index contributed by atoms with van der Waals surface area (Å²) in [4.78, 5) is 8.05. The molecule has 0 bridgehead atoms. The van der Waals surface area contributed by atoms with Gasteiger partial charge in [0.05, 0.1) is 18.0 Å². The number of hydrogen-bond acceptors (Lipinski definition) is 5. The van der Waals surface area contributed by atoms with E-state index in [2.05, 4.69) is 15.2 Å². The summed E-state index contributed by atoms with van der Waals surface area (Å²) in [7, 11) is 1.72. The second-order valence-electron chi connectivity index (χ2n) is 3.68. The number of methoxy groups -OCH3 is 1. The second kappa shape index (κ2) is 5.55. The fourth-order valence-corrected chi connectivity index (χ4v) is 2.63. The minimum Gasteiger partial charge on any atom is -0.379 e. The number of thiazole rings is 1. The van der Waals surface area contributed by atoms with Crippen molar-refractivity contribution in [3.05, 3.63) is 16.1 Å². The Labute approximate surface area is 94.3 Å². The van der Waals surface area contributed by atoms with Crippen LogP contribution in [0, 0.1) is 0 Å². The van der Waals surface area contributed by atoms with Gasteiger partial charge in [0.1, 0.15) is 5.01 Å². The minimum absolute atomic E-state index is 0.680. The van der Waals surface area contributed by atoms with Gasteiger partial charge in [0.2, 0.25) is 0 Å². The molecule has 5 heteroatoms. The van der Waals surface area contributed by atoms with Gasteiger partial charge in [-0.2, -0.15) is 0 Å². The molecule has 1 aliphatic heterocycles. The topological polar surface area (TPSA) is 37.4 Å². The third-order valence-electron chi connectivity index (χ3n) is 2.46. The normalized spacial score (nSPS) is 18.2. The molecule has 0 aromatic carbocycles. The number of ether oxygens (including phenoxy) is 1. The van der Waals surface area contributed by atoms with E-state index in [4.69, 9.17) is 4.74 Å². The van der Waals surface area contributed by atoms with E-state index < -0.39 is 0 Å². The van der Waals surface area contributed by atoms with Crippen molar-refractivity contribution in [2.45, 2.75) is 13.2 Å². The molecule has 1 fully saturated rings. The van der Waals surface area contributed by atoms with E-state index in [1.54, 1.807) is 18.4 Å². The molecule has 0 aliphatic carbocycles. The standard InChI is InChI=1S/C10H17N3OS/c1-14-8-9-6-12-10(15-9)7-13-4-2-11-3-5-13/h6,11H,2-5,7-8H2,1H3. The molecule has 0 amide bonds. The van der Waals surface area contributed by atoms with Crippen molar-refractivity contribution in [1.29, 1.82) is 0 Å². The van der Waals surface area contributed by atoms with Crippen LogP contribution in [-0.4, -0.2) is 43.2 Å². The summed E-state index contributed by atoms with van der Waals surface area (Å²) in [6.07, 6.45) is 1.92. The second-order valence-corrected chi connectivity index (χ2v) is 4.88. The van der Waals surface area contributed by atoms with Crippen LogP contribution in [0.25, 0.3) is 0 Å². The molecule has 2 rings (SSSR count). The fourth-order valence-electron chi connectivity index (χ4n) is 1.69. The van der Waals surface area contributed by atoms with Crippen LogP contribution >= 0.6 is 11.3 Å². The Morgan fingerprint density at radius 1 is 1.53 bits per heavy atom. The highest BCUT2D eigenvalue weighted by Crippen LogP contribution is 2.15. The molecule has 1 N–H and O–H groups in total. The van der Waals surface area contributed by atoms with Gasteiger partial charge in [0, 0.05) is 39.5 Å². The van der Waals surface area contributed by atoms with E-state index in [-0.39, 0.29) is 0 Å². The molecule has 0 radical (unpaired) electrons. The molecular weight excluding hydrogens is 210 g/mol. The van der Waals surface area contributed by atoms with E-state index >= 15 is 0 Å². The molecular formula is C10H17N3OS. The van der Waals surface area contributed by atoms with Gasteiger partial charge in [-0.05, 0) is 0 Å². The van der Waals surface area contributed by atoms with Gasteiger partial charge in [0.15, 0.2) is 0 Å². The molecule has 15 heavy (non-hydrogen) atoms. The van der Waals surface area contributed by atoms with Crippen molar-refractivity contribution in [2.24, 2.45) is 0 Å². The molecule has 1 aromatic rings. The highest BCUT2D eigenvalue weighted by atomic mass is 32.1. The Bertz CT molecular complexity index is 297. The number of rotatable bonds is 4.